The standard InChI is InChI=1S/C8H13NO5/c10-6-2-1-3-9(8(13)14)4-5(6)7(11)12/h5-6,10H,1-4H2,(H,11,12)(H,13,14)/t5-,6+/m1/s1. The molecule has 3 N–H and O–H groups in total. The number of likely N-dealkylation sites (tertiary alicyclic amines) is 1. The second-order valence-electron chi connectivity index (χ2n) is 3.38. The lowest BCUT2D eigenvalue weighted by Gasteiger charge is -2.20. The predicted molar refractivity (Wildman–Crippen MR) is 46.0 cm³/mol. The molecule has 80 valence electrons. The molecule has 1 aliphatic rings. The van der Waals surface area contributed by atoms with E-state index in [0.717, 1.165) is 4.90 Å². The maximum absolute atomic E-state index is 10.7. The van der Waals surface area contributed by atoms with Gasteiger partial charge in [0.1, 0.15) is 5.92 Å². The molecule has 1 fully saturated rings. The fraction of sp³-hybridized carbons (Fsp3) is 0.750. The van der Waals surface area contributed by atoms with Gasteiger partial charge in [0.2, 0.25) is 0 Å². The summed E-state index contributed by atoms with van der Waals surface area (Å²) in [5.74, 6) is -2.15. The molecule has 6 nitrogen and oxygen atoms in total. The first kappa shape index (κ1) is 10.8. The van der Waals surface area contributed by atoms with Crippen molar-refractivity contribution in [3.05, 3.63) is 0 Å². The quantitative estimate of drug-likeness (QED) is 0.549. The Balaban J connectivity index is 2.71. The van der Waals surface area contributed by atoms with E-state index in [2.05, 4.69) is 0 Å². The smallest absolute Gasteiger partial charge is 0.407 e. The molecule has 1 heterocycles. The number of amides is 1. The van der Waals surface area contributed by atoms with Crippen LogP contribution < -0.4 is 0 Å². The van der Waals surface area contributed by atoms with E-state index < -0.39 is 24.1 Å². The van der Waals surface area contributed by atoms with E-state index >= 15 is 0 Å². The van der Waals surface area contributed by atoms with Crippen LogP contribution >= 0.6 is 0 Å². The largest absolute Gasteiger partial charge is 0.481 e. The number of carboxylic acid groups (broad SMARTS) is 2. The van der Waals surface area contributed by atoms with Crippen LogP contribution in [0.1, 0.15) is 12.8 Å². The molecule has 0 unspecified atom stereocenters. The monoisotopic (exact) mass is 203 g/mol. The Bertz CT molecular complexity index is 242. The summed E-state index contributed by atoms with van der Waals surface area (Å²) in [6.45, 7) is 0.155. The molecule has 0 radical (unpaired) electrons. The van der Waals surface area contributed by atoms with E-state index in [4.69, 9.17) is 10.2 Å². The first-order valence-corrected chi connectivity index (χ1v) is 4.41. The SMILES string of the molecule is O=C(O)[C@@H]1CN(C(=O)O)CCC[C@@H]1O. The summed E-state index contributed by atoms with van der Waals surface area (Å²) < 4.78 is 0. The molecule has 2 atom stereocenters. The Morgan fingerprint density at radius 2 is 1.93 bits per heavy atom. The van der Waals surface area contributed by atoms with Crippen LogP contribution in [0.25, 0.3) is 0 Å². The Labute approximate surface area is 80.8 Å². The normalized spacial score (nSPS) is 28.2. The highest BCUT2D eigenvalue weighted by Crippen LogP contribution is 2.17. The number of aliphatic hydroxyl groups is 1. The Morgan fingerprint density at radius 1 is 1.29 bits per heavy atom. The molecular formula is C8H13NO5. The lowest BCUT2D eigenvalue weighted by atomic mass is 10.0. The lowest BCUT2D eigenvalue weighted by Crippen LogP contribution is -2.39. The van der Waals surface area contributed by atoms with Crippen LogP contribution in [0, 0.1) is 5.92 Å². The van der Waals surface area contributed by atoms with Crippen LogP contribution in [0.3, 0.4) is 0 Å². The molecule has 0 aromatic rings. The van der Waals surface area contributed by atoms with Gasteiger partial charge in [-0.05, 0) is 12.8 Å². The number of rotatable bonds is 1. The molecule has 0 aliphatic carbocycles. The van der Waals surface area contributed by atoms with E-state index in [9.17, 15) is 14.7 Å². The van der Waals surface area contributed by atoms with E-state index in [1.54, 1.807) is 0 Å². The van der Waals surface area contributed by atoms with Gasteiger partial charge < -0.3 is 20.2 Å². The summed E-state index contributed by atoms with van der Waals surface area (Å²) in [6.07, 6.45) is -1.25. The van der Waals surface area contributed by atoms with Crippen LogP contribution in [-0.2, 0) is 4.79 Å². The molecule has 0 aromatic heterocycles. The third-order valence-electron chi connectivity index (χ3n) is 2.40. The molecule has 6 heteroatoms. The van der Waals surface area contributed by atoms with Crippen molar-refractivity contribution in [2.75, 3.05) is 13.1 Å². The van der Waals surface area contributed by atoms with Crippen LogP contribution in [0.4, 0.5) is 4.79 Å². The molecule has 1 rings (SSSR count). The predicted octanol–water partition coefficient (Wildman–Crippen LogP) is -0.178. The van der Waals surface area contributed by atoms with Crippen molar-refractivity contribution in [2.24, 2.45) is 5.92 Å². The molecule has 1 aliphatic heterocycles. The molecule has 1 saturated heterocycles. The zero-order valence-electron chi connectivity index (χ0n) is 7.59. The first-order chi connectivity index (χ1) is 6.52. The average Bonchev–Trinajstić information content (AvgIpc) is 2.26. The van der Waals surface area contributed by atoms with E-state index in [1.165, 1.54) is 0 Å². The number of aliphatic carboxylic acids is 1. The van der Waals surface area contributed by atoms with Crippen molar-refractivity contribution in [2.45, 2.75) is 18.9 Å². The topological polar surface area (TPSA) is 98.1 Å². The number of carboxylic acids is 1. The van der Waals surface area contributed by atoms with Crippen LogP contribution in [0.15, 0.2) is 0 Å². The number of aliphatic hydroxyl groups excluding tert-OH is 1. The van der Waals surface area contributed by atoms with Gasteiger partial charge in [0.25, 0.3) is 0 Å². The Morgan fingerprint density at radius 3 is 2.43 bits per heavy atom. The van der Waals surface area contributed by atoms with Gasteiger partial charge >= 0.3 is 12.1 Å². The maximum atomic E-state index is 10.7. The van der Waals surface area contributed by atoms with Gasteiger partial charge in [-0.15, -0.1) is 0 Å². The number of hydrogen-bond donors (Lipinski definition) is 3. The third-order valence-corrected chi connectivity index (χ3v) is 2.40. The van der Waals surface area contributed by atoms with E-state index in [0.29, 0.717) is 12.8 Å². The molecule has 14 heavy (non-hydrogen) atoms. The zero-order valence-corrected chi connectivity index (χ0v) is 7.59. The van der Waals surface area contributed by atoms with Crippen molar-refractivity contribution in [1.29, 1.82) is 0 Å². The molecule has 0 saturated carbocycles. The number of nitrogens with zero attached hydrogens (tertiary/aromatic N) is 1. The first-order valence-electron chi connectivity index (χ1n) is 4.41. The average molecular weight is 203 g/mol. The maximum Gasteiger partial charge on any atom is 0.407 e. The van der Waals surface area contributed by atoms with Crippen molar-refractivity contribution >= 4 is 12.1 Å². The summed E-state index contributed by atoms with van der Waals surface area (Å²) in [4.78, 5) is 22.4. The van der Waals surface area contributed by atoms with Crippen LogP contribution in [0.5, 0.6) is 0 Å². The molecule has 0 aromatic carbocycles. The fourth-order valence-electron chi connectivity index (χ4n) is 1.56. The lowest BCUT2D eigenvalue weighted by molar-refractivity contribution is -0.145. The summed E-state index contributed by atoms with van der Waals surface area (Å²) in [7, 11) is 0. The third kappa shape index (κ3) is 2.35. The van der Waals surface area contributed by atoms with Gasteiger partial charge in [0.15, 0.2) is 0 Å². The van der Waals surface area contributed by atoms with Crippen molar-refractivity contribution in [3.63, 3.8) is 0 Å². The number of hydrogen-bond acceptors (Lipinski definition) is 3. The van der Waals surface area contributed by atoms with Crippen molar-refractivity contribution in [1.82, 2.24) is 4.90 Å². The van der Waals surface area contributed by atoms with E-state index in [1.807, 2.05) is 0 Å². The Hall–Kier alpha value is -1.30. The molecule has 0 spiro atoms. The van der Waals surface area contributed by atoms with Gasteiger partial charge in [0, 0.05) is 13.1 Å². The summed E-state index contributed by atoms with van der Waals surface area (Å²) >= 11 is 0. The van der Waals surface area contributed by atoms with Gasteiger partial charge in [-0.3, -0.25) is 4.79 Å². The minimum atomic E-state index is -1.15. The van der Waals surface area contributed by atoms with Crippen LogP contribution in [0.2, 0.25) is 0 Å². The molecule has 0 bridgehead atoms. The molecule has 1 amide bonds. The highest BCUT2D eigenvalue weighted by atomic mass is 16.4. The number of carbonyl (C=O) groups is 2. The van der Waals surface area contributed by atoms with Gasteiger partial charge in [-0.2, -0.15) is 0 Å². The van der Waals surface area contributed by atoms with Gasteiger partial charge in [-0.25, -0.2) is 4.79 Å². The minimum Gasteiger partial charge on any atom is -0.481 e. The minimum absolute atomic E-state index is 0.133. The van der Waals surface area contributed by atoms with Crippen molar-refractivity contribution < 1.29 is 24.9 Å². The van der Waals surface area contributed by atoms with Gasteiger partial charge in [-0.1, -0.05) is 0 Å². The Kier molecular flexibility index (Phi) is 3.29. The second kappa shape index (κ2) is 4.28. The highest BCUT2D eigenvalue weighted by molar-refractivity contribution is 5.72. The van der Waals surface area contributed by atoms with Crippen LogP contribution in [-0.4, -0.2) is 51.5 Å². The fourth-order valence-corrected chi connectivity index (χ4v) is 1.56. The van der Waals surface area contributed by atoms with Gasteiger partial charge in [0.05, 0.1) is 6.10 Å². The highest BCUT2D eigenvalue weighted by Gasteiger charge is 2.32. The van der Waals surface area contributed by atoms with E-state index in [-0.39, 0.29) is 13.1 Å². The molecular weight excluding hydrogens is 190 g/mol. The summed E-state index contributed by atoms with van der Waals surface area (Å²) in [5, 5.41) is 26.9. The zero-order chi connectivity index (χ0) is 10.7. The second-order valence-corrected chi connectivity index (χ2v) is 3.38. The van der Waals surface area contributed by atoms with Crippen molar-refractivity contribution in [3.8, 4) is 0 Å². The summed E-state index contributed by atoms with van der Waals surface area (Å²) in [5.41, 5.74) is 0. The summed E-state index contributed by atoms with van der Waals surface area (Å²) in [6, 6.07) is 0.